The highest BCUT2D eigenvalue weighted by Crippen LogP contribution is 2.37. The summed E-state index contributed by atoms with van der Waals surface area (Å²) < 4.78 is 12.7. The zero-order valence-corrected chi connectivity index (χ0v) is 24.8. The molecule has 41 heavy (non-hydrogen) atoms. The first-order chi connectivity index (χ1) is 19.9. The van der Waals surface area contributed by atoms with E-state index in [2.05, 4.69) is 22.6 Å². The summed E-state index contributed by atoms with van der Waals surface area (Å²) in [6, 6.07) is 27.2. The molecule has 1 saturated heterocycles. The van der Waals surface area contributed by atoms with Gasteiger partial charge in [0.1, 0.15) is 12.2 Å². The third-order valence-electron chi connectivity index (χ3n) is 6.22. The van der Waals surface area contributed by atoms with Gasteiger partial charge in [-0.05, 0) is 95.2 Å². The number of ether oxygens (including phenoxy) is 2. The maximum absolute atomic E-state index is 13.7. The molecule has 0 spiro atoms. The van der Waals surface area contributed by atoms with Crippen molar-refractivity contribution < 1.29 is 23.9 Å². The van der Waals surface area contributed by atoms with Crippen molar-refractivity contribution in [2.45, 2.75) is 13.5 Å². The number of halogens is 2. The van der Waals surface area contributed by atoms with Gasteiger partial charge in [-0.2, -0.15) is 0 Å². The molecule has 0 radical (unpaired) electrons. The molecule has 1 aliphatic rings. The van der Waals surface area contributed by atoms with Crippen LogP contribution < -0.4 is 19.3 Å². The molecule has 0 unspecified atom stereocenters. The molecule has 1 heterocycles. The lowest BCUT2D eigenvalue weighted by Gasteiger charge is -2.34. The summed E-state index contributed by atoms with van der Waals surface area (Å²) in [5, 5.41) is 0.640. The fourth-order valence-electron chi connectivity index (χ4n) is 4.32. The molecule has 4 aromatic carbocycles. The third-order valence-corrected chi connectivity index (χ3v) is 7.27. The lowest BCUT2D eigenvalue weighted by Crippen LogP contribution is -2.57. The van der Waals surface area contributed by atoms with Crippen molar-refractivity contribution in [3.8, 4) is 11.5 Å². The van der Waals surface area contributed by atoms with Crippen LogP contribution in [0.4, 0.5) is 16.2 Å². The second-order valence-electron chi connectivity index (χ2n) is 8.97. The summed E-state index contributed by atoms with van der Waals surface area (Å²) in [5.74, 6) is -0.423. The Labute approximate surface area is 256 Å². The van der Waals surface area contributed by atoms with Gasteiger partial charge < -0.3 is 9.47 Å². The van der Waals surface area contributed by atoms with Gasteiger partial charge in [0.2, 0.25) is 0 Å². The zero-order valence-electron chi connectivity index (χ0n) is 21.9. The van der Waals surface area contributed by atoms with Crippen LogP contribution in [0, 0.1) is 3.57 Å². The van der Waals surface area contributed by atoms with E-state index in [9.17, 15) is 14.4 Å². The molecule has 0 aromatic heterocycles. The Hall–Kier alpha value is -4.15. The van der Waals surface area contributed by atoms with Crippen molar-refractivity contribution in [2.24, 2.45) is 0 Å². The molecule has 4 aromatic rings. The van der Waals surface area contributed by atoms with Gasteiger partial charge in [-0.15, -0.1) is 0 Å². The standard InChI is InChI=1S/C32H24ClIN2O5/c1-2-40-28-19-22(18-27(34)29(28)41-20-21-13-15-23(33)16-14-21)17-26-30(37)35(24-9-5-3-6-10-24)32(39)36(31(26)38)25-11-7-4-8-12-25/h3-19H,2,20H2,1H3. The molecule has 0 aliphatic carbocycles. The van der Waals surface area contributed by atoms with Gasteiger partial charge in [0.15, 0.2) is 11.5 Å². The summed E-state index contributed by atoms with van der Waals surface area (Å²) in [6.45, 7) is 2.53. The number of carbonyl (C=O) groups excluding carboxylic acids is 3. The molecule has 0 saturated carbocycles. The van der Waals surface area contributed by atoms with Gasteiger partial charge in [-0.3, -0.25) is 9.59 Å². The van der Waals surface area contributed by atoms with E-state index < -0.39 is 17.8 Å². The highest BCUT2D eigenvalue weighted by molar-refractivity contribution is 14.1. The number of amides is 4. The number of urea groups is 1. The summed E-state index contributed by atoms with van der Waals surface area (Å²) >= 11 is 8.13. The summed E-state index contributed by atoms with van der Waals surface area (Å²) in [4.78, 5) is 42.9. The van der Waals surface area contributed by atoms with Gasteiger partial charge in [-0.1, -0.05) is 60.1 Å². The van der Waals surface area contributed by atoms with Crippen molar-refractivity contribution in [3.05, 3.63) is 122 Å². The Morgan fingerprint density at radius 2 is 1.34 bits per heavy atom. The first-order valence-corrected chi connectivity index (χ1v) is 14.2. The predicted octanol–water partition coefficient (Wildman–Crippen LogP) is 7.51. The van der Waals surface area contributed by atoms with E-state index in [-0.39, 0.29) is 5.57 Å². The number of para-hydroxylation sites is 2. The monoisotopic (exact) mass is 678 g/mol. The Morgan fingerprint density at radius 1 is 0.780 bits per heavy atom. The van der Waals surface area contributed by atoms with Crippen LogP contribution in [-0.2, 0) is 16.2 Å². The number of benzene rings is 4. The van der Waals surface area contributed by atoms with Gasteiger partial charge in [0.05, 0.1) is 21.6 Å². The first-order valence-electron chi connectivity index (χ1n) is 12.8. The molecule has 5 rings (SSSR count). The highest BCUT2D eigenvalue weighted by atomic mass is 127. The van der Waals surface area contributed by atoms with E-state index in [0.29, 0.717) is 46.7 Å². The van der Waals surface area contributed by atoms with E-state index >= 15 is 0 Å². The van der Waals surface area contributed by atoms with Crippen LogP contribution in [0.25, 0.3) is 6.08 Å². The van der Waals surface area contributed by atoms with Crippen LogP contribution in [0.1, 0.15) is 18.1 Å². The van der Waals surface area contributed by atoms with Crippen molar-refractivity contribution in [1.29, 1.82) is 0 Å². The number of rotatable bonds is 8. The van der Waals surface area contributed by atoms with Crippen LogP contribution in [0.5, 0.6) is 11.5 Å². The second kappa shape index (κ2) is 12.6. The summed E-state index contributed by atoms with van der Waals surface area (Å²) in [5.41, 5.74) is 2.03. The minimum Gasteiger partial charge on any atom is -0.490 e. The Kier molecular flexibility index (Phi) is 8.70. The van der Waals surface area contributed by atoms with Crippen molar-refractivity contribution in [2.75, 3.05) is 16.4 Å². The van der Waals surface area contributed by atoms with Crippen LogP contribution >= 0.6 is 34.2 Å². The maximum Gasteiger partial charge on any atom is 0.343 e. The van der Waals surface area contributed by atoms with E-state index in [1.165, 1.54) is 6.08 Å². The molecule has 7 nitrogen and oxygen atoms in total. The molecular formula is C32H24ClIN2O5. The number of hydrogen-bond donors (Lipinski definition) is 0. The molecular weight excluding hydrogens is 655 g/mol. The van der Waals surface area contributed by atoms with Crippen LogP contribution in [0.2, 0.25) is 5.02 Å². The Balaban J connectivity index is 1.55. The van der Waals surface area contributed by atoms with E-state index in [4.69, 9.17) is 21.1 Å². The minimum absolute atomic E-state index is 0.162. The normalized spacial score (nSPS) is 13.4. The SMILES string of the molecule is CCOc1cc(C=C2C(=O)N(c3ccccc3)C(=O)N(c3ccccc3)C2=O)cc(I)c1OCc1ccc(Cl)cc1. The number of imide groups is 2. The lowest BCUT2D eigenvalue weighted by molar-refractivity contribution is -0.121. The quantitative estimate of drug-likeness (QED) is 0.110. The average molecular weight is 679 g/mol. The van der Waals surface area contributed by atoms with Crippen LogP contribution in [0.15, 0.2) is 103 Å². The van der Waals surface area contributed by atoms with Crippen molar-refractivity contribution in [1.82, 2.24) is 0 Å². The number of barbiturate groups is 1. The largest absolute Gasteiger partial charge is 0.490 e. The Morgan fingerprint density at radius 3 is 1.88 bits per heavy atom. The molecule has 9 heteroatoms. The first kappa shape index (κ1) is 28.4. The number of anilines is 2. The molecule has 4 amide bonds. The zero-order chi connectivity index (χ0) is 28.9. The van der Waals surface area contributed by atoms with E-state index in [0.717, 1.165) is 18.9 Å². The minimum atomic E-state index is -0.745. The topological polar surface area (TPSA) is 76.2 Å². The number of nitrogens with zero attached hydrogens (tertiary/aromatic N) is 2. The Bertz CT molecular complexity index is 1560. The molecule has 0 N–H and O–H groups in total. The molecule has 0 bridgehead atoms. The predicted molar refractivity (Wildman–Crippen MR) is 167 cm³/mol. The summed E-state index contributed by atoms with van der Waals surface area (Å²) in [6.07, 6.45) is 1.48. The fraction of sp³-hybridized carbons (Fsp3) is 0.0938. The molecule has 0 atom stereocenters. The van der Waals surface area contributed by atoms with Crippen LogP contribution in [-0.4, -0.2) is 24.5 Å². The van der Waals surface area contributed by atoms with E-state index in [1.807, 2.05) is 19.1 Å². The van der Waals surface area contributed by atoms with Crippen molar-refractivity contribution >= 4 is 69.5 Å². The van der Waals surface area contributed by atoms with Crippen molar-refractivity contribution in [3.63, 3.8) is 0 Å². The maximum atomic E-state index is 13.7. The fourth-order valence-corrected chi connectivity index (χ4v) is 5.22. The molecule has 1 fully saturated rings. The van der Waals surface area contributed by atoms with Crippen LogP contribution in [0.3, 0.4) is 0 Å². The highest BCUT2D eigenvalue weighted by Gasteiger charge is 2.43. The van der Waals surface area contributed by atoms with Gasteiger partial charge in [0.25, 0.3) is 11.8 Å². The number of hydrogen-bond acceptors (Lipinski definition) is 5. The second-order valence-corrected chi connectivity index (χ2v) is 10.6. The smallest absolute Gasteiger partial charge is 0.343 e. The van der Waals surface area contributed by atoms with Gasteiger partial charge in [0, 0.05) is 5.02 Å². The van der Waals surface area contributed by atoms with Gasteiger partial charge in [-0.25, -0.2) is 14.6 Å². The molecule has 1 aliphatic heterocycles. The lowest BCUT2D eigenvalue weighted by atomic mass is 10.0. The van der Waals surface area contributed by atoms with Gasteiger partial charge >= 0.3 is 6.03 Å². The number of carbonyl (C=O) groups is 3. The van der Waals surface area contributed by atoms with E-state index in [1.54, 1.807) is 84.9 Å². The average Bonchev–Trinajstić information content (AvgIpc) is 2.97. The third kappa shape index (κ3) is 6.13. The molecule has 206 valence electrons. The summed E-state index contributed by atoms with van der Waals surface area (Å²) in [7, 11) is 0.